The number of likely N-dealkylation sites (tertiary alicyclic amines) is 1. The van der Waals surface area contributed by atoms with Crippen LogP contribution in [0.25, 0.3) is 0 Å². The lowest BCUT2D eigenvalue weighted by Gasteiger charge is -2.32. The van der Waals surface area contributed by atoms with Crippen LogP contribution in [0.5, 0.6) is 0 Å². The first-order chi connectivity index (χ1) is 13.0. The van der Waals surface area contributed by atoms with Crippen LogP contribution in [0.15, 0.2) is 42.5 Å². The van der Waals surface area contributed by atoms with Gasteiger partial charge in [-0.15, -0.1) is 0 Å². The molecule has 0 radical (unpaired) electrons. The predicted molar refractivity (Wildman–Crippen MR) is 107 cm³/mol. The summed E-state index contributed by atoms with van der Waals surface area (Å²) >= 11 is 0. The number of carbonyl (C=O) groups excluding carboxylic acids is 1. The second kappa shape index (κ2) is 9.00. The van der Waals surface area contributed by atoms with Crippen LogP contribution in [0.3, 0.4) is 0 Å². The zero-order valence-corrected chi connectivity index (χ0v) is 16.1. The number of rotatable bonds is 5. The summed E-state index contributed by atoms with van der Waals surface area (Å²) in [6.07, 6.45) is 2.02. The first-order valence-corrected chi connectivity index (χ1v) is 9.59. The van der Waals surface area contributed by atoms with Gasteiger partial charge in [-0.25, -0.2) is 9.18 Å². The first kappa shape index (κ1) is 19.4. The van der Waals surface area contributed by atoms with Gasteiger partial charge in [-0.1, -0.05) is 24.3 Å². The highest BCUT2D eigenvalue weighted by molar-refractivity contribution is 5.89. The molecule has 1 heterocycles. The number of anilines is 1. The zero-order chi connectivity index (χ0) is 19.2. The maximum atomic E-state index is 13.8. The average Bonchev–Trinajstić information content (AvgIpc) is 2.66. The first-order valence-electron chi connectivity index (χ1n) is 9.59. The van der Waals surface area contributed by atoms with Crippen LogP contribution in [0, 0.1) is 25.6 Å². The van der Waals surface area contributed by atoms with E-state index < -0.39 is 0 Å². The molecule has 1 fully saturated rings. The Kier molecular flexibility index (Phi) is 6.45. The lowest BCUT2D eigenvalue weighted by molar-refractivity contribution is 0.174. The minimum atomic E-state index is -0.160. The van der Waals surface area contributed by atoms with E-state index >= 15 is 0 Å². The molecule has 2 amide bonds. The third kappa shape index (κ3) is 5.54. The molecule has 0 bridgehead atoms. The molecule has 1 saturated heterocycles. The van der Waals surface area contributed by atoms with Gasteiger partial charge in [-0.3, -0.25) is 4.90 Å². The molecule has 1 aliphatic heterocycles. The van der Waals surface area contributed by atoms with Crippen molar-refractivity contribution in [2.24, 2.45) is 5.92 Å². The minimum absolute atomic E-state index is 0.135. The lowest BCUT2D eigenvalue weighted by Crippen LogP contribution is -2.39. The Labute approximate surface area is 160 Å². The largest absolute Gasteiger partial charge is 0.338 e. The topological polar surface area (TPSA) is 44.4 Å². The van der Waals surface area contributed by atoms with E-state index in [4.69, 9.17) is 0 Å². The molecule has 0 aromatic heterocycles. The van der Waals surface area contributed by atoms with Crippen molar-refractivity contribution in [3.8, 4) is 0 Å². The van der Waals surface area contributed by atoms with Crippen LogP contribution in [0.2, 0.25) is 0 Å². The van der Waals surface area contributed by atoms with Crippen LogP contribution in [0.1, 0.15) is 29.5 Å². The number of amides is 2. The van der Waals surface area contributed by atoms with Crippen molar-refractivity contribution < 1.29 is 9.18 Å². The quantitative estimate of drug-likeness (QED) is 0.816. The number of benzene rings is 2. The molecule has 0 atom stereocenters. The number of halogens is 1. The second-order valence-corrected chi connectivity index (χ2v) is 7.44. The zero-order valence-electron chi connectivity index (χ0n) is 16.1. The number of nitrogens with zero attached hydrogens (tertiary/aromatic N) is 1. The molecule has 1 aliphatic rings. The van der Waals surface area contributed by atoms with Crippen molar-refractivity contribution in [2.75, 3.05) is 25.0 Å². The van der Waals surface area contributed by atoms with Gasteiger partial charge in [0.1, 0.15) is 5.82 Å². The van der Waals surface area contributed by atoms with E-state index in [1.54, 1.807) is 6.07 Å². The molecule has 4 nitrogen and oxygen atoms in total. The summed E-state index contributed by atoms with van der Waals surface area (Å²) in [5.41, 5.74) is 3.94. The van der Waals surface area contributed by atoms with Crippen molar-refractivity contribution in [3.05, 3.63) is 65.0 Å². The van der Waals surface area contributed by atoms with E-state index in [-0.39, 0.29) is 11.8 Å². The fourth-order valence-electron chi connectivity index (χ4n) is 3.45. The van der Waals surface area contributed by atoms with Crippen molar-refractivity contribution in [1.82, 2.24) is 10.2 Å². The maximum absolute atomic E-state index is 13.8. The highest BCUT2D eigenvalue weighted by Crippen LogP contribution is 2.20. The second-order valence-electron chi connectivity index (χ2n) is 7.44. The number of carbonyl (C=O) groups is 1. The molecule has 27 heavy (non-hydrogen) atoms. The Bertz CT molecular complexity index is 785. The van der Waals surface area contributed by atoms with Gasteiger partial charge in [0.15, 0.2) is 0 Å². The summed E-state index contributed by atoms with van der Waals surface area (Å²) in [7, 11) is 0. The van der Waals surface area contributed by atoms with Gasteiger partial charge in [-0.2, -0.15) is 0 Å². The number of hydrogen-bond acceptors (Lipinski definition) is 2. The molecule has 3 rings (SSSR count). The summed E-state index contributed by atoms with van der Waals surface area (Å²) < 4.78 is 13.8. The van der Waals surface area contributed by atoms with Crippen molar-refractivity contribution in [1.29, 1.82) is 0 Å². The molecule has 2 aromatic carbocycles. The van der Waals surface area contributed by atoms with Gasteiger partial charge < -0.3 is 10.6 Å². The molecule has 0 unspecified atom stereocenters. The summed E-state index contributed by atoms with van der Waals surface area (Å²) in [5, 5.41) is 5.88. The molecule has 0 spiro atoms. The Hall–Kier alpha value is -2.40. The Morgan fingerprint density at radius 1 is 1.11 bits per heavy atom. The van der Waals surface area contributed by atoms with E-state index in [0.717, 1.165) is 42.7 Å². The Morgan fingerprint density at radius 2 is 1.85 bits per heavy atom. The highest BCUT2D eigenvalue weighted by atomic mass is 19.1. The summed E-state index contributed by atoms with van der Waals surface area (Å²) in [4.78, 5) is 14.4. The summed E-state index contributed by atoms with van der Waals surface area (Å²) in [6.45, 7) is 7.27. The molecule has 0 aliphatic carbocycles. The van der Waals surface area contributed by atoms with Gasteiger partial charge in [0.25, 0.3) is 0 Å². The molecule has 5 heteroatoms. The van der Waals surface area contributed by atoms with E-state index in [0.29, 0.717) is 19.0 Å². The van der Waals surface area contributed by atoms with Crippen molar-refractivity contribution >= 4 is 11.7 Å². The smallest absolute Gasteiger partial charge is 0.319 e. The minimum Gasteiger partial charge on any atom is -0.338 e. The number of hydrogen-bond donors (Lipinski definition) is 2. The predicted octanol–water partition coefficient (Wildman–Crippen LogP) is 4.48. The monoisotopic (exact) mass is 369 g/mol. The fraction of sp³-hybridized carbons (Fsp3) is 0.409. The van der Waals surface area contributed by atoms with E-state index in [1.807, 2.05) is 37.3 Å². The van der Waals surface area contributed by atoms with Gasteiger partial charge in [-0.05, 0) is 75.0 Å². The van der Waals surface area contributed by atoms with Crippen LogP contribution in [-0.2, 0) is 6.54 Å². The maximum Gasteiger partial charge on any atom is 0.319 e. The highest BCUT2D eigenvalue weighted by Gasteiger charge is 2.20. The van der Waals surface area contributed by atoms with Crippen molar-refractivity contribution in [3.63, 3.8) is 0 Å². The Balaban J connectivity index is 1.39. The summed E-state index contributed by atoms with van der Waals surface area (Å²) in [5.74, 6) is 0.330. The third-order valence-electron chi connectivity index (χ3n) is 5.38. The normalized spacial score (nSPS) is 15.5. The Morgan fingerprint density at radius 3 is 2.56 bits per heavy atom. The average molecular weight is 369 g/mol. The molecule has 144 valence electrons. The number of urea groups is 1. The standard InChI is InChI=1S/C22H28FN3O/c1-16-7-8-20(13-17(16)2)25-22(27)24-14-18-9-11-26(12-10-18)15-19-5-3-4-6-21(19)23/h3-8,13,18H,9-12,14-15H2,1-2H3,(H2,24,25,27). The number of aryl methyl sites for hydroxylation is 2. The van der Waals surface area contributed by atoms with E-state index in [1.165, 1.54) is 11.6 Å². The van der Waals surface area contributed by atoms with Gasteiger partial charge >= 0.3 is 6.03 Å². The van der Waals surface area contributed by atoms with Crippen LogP contribution >= 0.6 is 0 Å². The van der Waals surface area contributed by atoms with E-state index in [2.05, 4.69) is 22.5 Å². The van der Waals surface area contributed by atoms with Gasteiger partial charge in [0.2, 0.25) is 0 Å². The summed E-state index contributed by atoms with van der Waals surface area (Å²) in [6, 6.07) is 12.7. The number of nitrogens with one attached hydrogen (secondary N) is 2. The molecule has 2 N–H and O–H groups in total. The number of piperidine rings is 1. The van der Waals surface area contributed by atoms with Crippen molar-refractivity contribution in [2.45, 2.75) is 33.2 Å². The van der Waals surface area contributed by atoms with E-state index in [9.17, 15) is 9.18 Å². The third-order valence-corrected chi connectivity index (χ3v) is 5.38. The van der Waals surface area contributed by atoms with Crippen LogP contribution in [-0.4, -0.2) is 30.6 Å². The van der Waals surface area contributed by atoms with Crippen LogP contribution in [0.4, 0.5) is 14.9 Å². The van der Waals surface area contributed by atoms with Gasteiger partial charge in [0, 0.05) is 24.3 Å². The molecular weight excluding hydrogens is 341 g/mol. The fourth-order valence-corrected chi connectivity index (χ4v) is 3.45. The lowest BCUT2D eigenvalue weighted by atomic mass is 9.96. The van der Waals surface area contributed by atoms with Crippen LogP contribution < -0.4 is 10.6 Å². The SMILES string of the molecule is Cc1ccc(NC(=O)NCC2CCN(Cc3ccccc3F)CC2)cc1C. The molecule has 2 aromatic rings. The molecule has 0 saturated carbocycles. The molecular formula is C22H28FN3O. The van der Waals surface area contributed by atoms with Gasteiger partial charge in [0.05, 0.1) is 0 Å².